The molecular formula is C12H14FN3O2S. The lowest BCUT2D eigenvalue weighted by molar-refractivity contribution is 0.494. The maximum Gasteiger partial charge on any atom is 0.240 e. The number of nitrogens with one attached hydrogen (secondary N) is 1. The van der Waals surface area contributed by atoms with E-state index in [1.54, 1.807) is 30.1 Å². The Bertz CT molecular complexity index is 624. The molecule has 0 aliphatic heterocycles. The van der Waals surface area contributed by atoms with Crippen molar-refractivity contribution < 1.29 is 12.8 Å². The zero-order chi connectivity index (χ0) is 13.9. The highest BCUT2D eigenvalue weighted by molar-refractivity contribution is 7.89. The van der Waals surface area contributed by atoms with Gasteiger partial charge in [-0.15, -0.1) is 0 Å². The molecule has 1 unspecified atom stereocenters. The van der Waals surface area contributed by atoms with Gasteiger partial charge in [-0.3, -0.25) is 4.68 Å². The number of sulfonamides is 1. The topological polar surface area (TPSA) is 64.0 Å². The molecule has 2 aromatic rings. The van der Waals surface area contributed by atoms with Gasteiger partial charge in [0.1, 0.15) is 5.82 Å². The van der Waals surface area contributed by atoms with Gasteiger partial charge in [-0.05, 0) is 37.3 Å². The fraction of sp³-hybridized carbons (Fsp3) is 0.250. The molecule has 2 rings (SSSR count). The van der Waals surface area contributed by atoms with Crippen LogP contribution >= 0.6 is 0 Å². The highest BCUT2D eigenvalue weighted by Gasteiger charge is 2.17. The lowest BCUT2D eigenvalue weighted by Gasteiger charge is -2.14. The van der Waals surface area contributed by atoms with Crippen LogP contribution in [0, 0.1) is 5.82 Å². The average Bonchev–Trinajstić information content (AvgIpc) is 2.81. The van der Waals surface area contributed by atoms with Crippen LogP contribution in [-0.2, 0) is 16.6 Å². The van der Waals surface area contributed by atoms with Crippen LogP contribution in [0.25, 0.3) is 0 Å². The normalized spacial score (nSPS) is 13.4. The van der Waals surface area contributed by atoms with Crippen molar-refractivity contribution >= 4 is 10.0 Å². The molecule has 0 bridgehead atoms. The molecule has 0 spiro atoms. The minimum atomic E-state index is -3.64. The summed E-state index contributed by atoms with van der Waals surface area (Å²) in [5.41, 5.74) is 0. The van der Waals surface area contributed by atoms with E-state index in [1.165, 1.54) is 12.1 Å². The summed E-state index contributed by atoms with van der Waals surface area (Å²) in [5.74, 6) is -0.469. The average molecular weight is 283 g/mol. The molecule has 0 saturated carbocycles. The Labute approximate surface area is 111 Å². The molecule has 0 aliphatic rings. The highest BCUT2D eigenvalue weighted by Crippen LogP contribution is 2.10. The molecule has 0 amide bonds. The summed E-state index contributed by atoms with van der Waals surface area (Å²) in [6.45, 7) is 2.16. The van der Waals surface area contributed by atoms with E-state index in [0.717, 1.165) is 12.1 Å². The summed E-state index contributed by atoms with van der Waals surface area (Å²) in [6.07, 6.45) is 3.38. The molecule has 5 nitrogen and oxygen atoms in total. The van der Waals surface area contributed by atoms with Crippen molar-refractivity contribution in [2.45, 2.75) is 24.4 Å². The Balaban J connectivity index is 2.06. The Morgan fingerprint density at radius 2 is 2.05 bits per heavy atom. The number of hydrogen-bond acceptors (Lipinski definition) is 3. The first-order valence-corrected chi connectivity index (χ1v) is 7.21. The van der Waals surface area contributed by atoms with Crippen LogP contribution in [0.15, 0.2) is 47.6 Å². The van der Waals surface area contributed by atoms with Crippen LogP contribution in [0.5, 0.6) is 0 Å². The van der Waals surface area contributed by atoms with Gasteiger partial charge in [0.25, 0.3) is 0 Å². The quantitative estimate of drug-likeness (QED) is 0.902. The summed E-state index contributed by atoms with van der Waals surface area (Å²) in [6, 6.07) is 6.15. The Hall–Kier alpha value is -1.73. The van der Waals surface area contributed by atoms with Crippen molar-refractivity contribution in [3.8, 4) is 0 Å². The van der Waals surface area contributed by atoms with Gasteiger partial charge < -0.3 is 0 Å². The van der Waals surface area contributed by atoms with Crippen LogP contribution in [0.3, 0.4) is 0 Å². The molecule has 1 N–H and O–H groups in total. The second-order valence-corrected chi connectivity index (χ2v) is 5.92. The van der Waals surface area contributed by atoms with Gasteiger partial charge in [0, 0.05) is 18.4 Å². The predicted octanol–water partition coefficient (Wildman–Crippen LogP) is 1.39. The Morgan fingerprint density at radius 1 is 1.37 bits per heavy atom. The minimum absolute atomic E-state index is 0.0428. The number of aromatic nitrogens is 2. The van der Waals surface area contributed by atoms with Crippen LogP contribution in [0.4, 0.5) is 4.39 Å². The first-order chi connectivity index (χ1) is 8.97. The van der Waals surface area contributed by atoms with Crippen LogP contribution < -0.4 is 4.72 Å². The van der Waals surface area contributed by atoms with Crippen molar-refractivity contribution in [1.29, 1.82) is 0 Å². The minimum Gasteiger partial charge on any atom is -0.271 e. The lowest BCUT2D eigenvalue weighted by atomic mass is 10.3. The smallest absolute Gasteiger partial charge is 0.240 e. The first-order valence-electron chi connectivity index (χ1n) is 5.73. The summed E-state index contributed by atoms with van der Waals surface area (Å²) in [7, 11) is -3.64. The molecule has 1 atom stereocenters. The SMILES string of the molecule is CC(Cn1cccn1)NS(=O)(=O)c1ccc(F)cc1. The van der Waals surface area contributed by atoms with E-state index in [9.17, 15) is 12.8 Å². The summed E-state index contributed by atoms with van der Waals surface area (Å²) in [4.78, 5) is 0.0428. The molecule has 1 heterocycles. The van der Waals surface area contributed by atoms with Crippen molar-refractivity contribution in [1.82, 2.24) is 14.5 Å². The molecule has 0 aliphatic carbocycles. The number of halogens is 1. The summed E-state index contributed by atoms with van der Waals surface area (Å²) >= 11 is 0. The van der Waals surface area contributed by atoms with E-state index in [2.05, 4.69) is 9.82 Å². The van der Waals surface area contributed by atoms with Crippen molar-refractivity contribution in [2.75, 3.05) is 0 Å². The van der Waals surface area contributed by atoms with E-state index < -0.39 is 15.8 Å². The first kappa shape index (κ1) is 13.7. The van der Waals surface area contributed by atoms with Gasteiger partial charge in [0.05, 0.1) is 11.4 Å². The molecule has 0 radical (unpaired) electrons. The monoisotopic (exact) mass is 283 g/mol. The highest BCUT2D eigenvalue weighted by atomic mass is 32.2. The van der Waals surface area contributed by atoms with E-state index in [4.69, 9.17) is 0 Å². The summed E-state index contributed by atoms with van der Waals surface area (Å²) < 4.78 is 41.0. The van der Waals surface area contributed by atoms with Crippen LogP contribution in [-0.4, -0.2) is 24.2 Å². The van der Waals surface area contributed by atoms with E-state index in [0.29, 0.717) is 6.54 Å². The molecule has 1 aromatic heterocycles. The maximum atomic E-state index is 12.8. The Kier molecular flexibility index (Phi) is 3.96. The third-order valence-corrected chi connectivity index (χ3v) is 4.11. The van der Waals surface area contributed by atoms with Gasteiger partial charge in [0.2, 0.25) is 10.0 Å². The van der Waals surface area contributed by atoms with Gasteiger partial charge in [0.15, 0.2) is 0 Å². The standard InChI is InChI=1S/C12H14FN3O2S/c1-10(9-16-8-2-7-14-16)15-19(17,18)12-5-3-11(13)4-6-12/h2-8,10,15H,9H2,1H3. The number of hydrogen-bond donors (Lipinski definition) is 1. The molecule has 1 aromatic carbocycles. The number of rotatable bonds is 5. The molecule has 7 heteroatoms. The van der Waals surface area contributed by atoms with Gasteiger partial charge >= 0.3 is 0 Å². The predicted molar refractivity (Wildman–Crippen MR) is 68.4 cm³/mol. The molecule has 0 saturated heterocycles. The second kappa shape index (κ2) is 5.50. The van der Waals surface area contributed by atoms with Crippen LogP contribution in [0.2, 0.25) is 0 Å². The van der Waals surface area contributed by atoms with Crippen molar-refractivity contribution in [2.24, 2.45) is 0 Å². The van der Waals surface area contributed by atoms with E-state index in [1.807, 2.05) is 0 Å². The van der Waals surface area contributed by atoms with E-state index in [-0.39, 0.29) is 10.9 Å². The van der Waals surface area contributed by atoms with Gasteiger partial charge in [-0.2, -0.15) is 5.10 Å². The molecular weight excluding hydrogens is 269 g/mol. The fourth-order valence-corrected chi connectivity index (χ4v) is 2.91. The molecule has 102 valence electrons. The van der Waals surface area contributed by atoms with Gasteiger partial charge in [-0.25, -0.2) is 17.5 Å². The maximum absolute atomic E-state index is 12.8. The lowest BCUT2D eigenvalue weighted by Crippen LogP contribution is -2.35. The number of nitrogens with zero attached hydrogens (tertiary/aromatic N) is 2. The van der Waals surface area contributed by atoms with Crippen LogP contribution in [0.1, 0.15) is 6.92 Å². The largest absolute Gasteiger partial charge is 0.271 e. The molecule has 0 fully saturated rings. The third-order valence-electron chi connectivity index (χ3n) is 2.50. The molecule has 19 heavy (non-hydrogen) atoms. The third kappa shape index (κ3) is 3.62. The van der Waals surface area contributed by atoms with Crippen molar-refractivity contribution in [3.63, 3.8) is 0 Å². The Morgan fingerprint density at radius 3 is 2.63 bits per heavy atom. The number of benzene rings is 1. The van der Waals surface area contributed by atoms with E-state index >= 15 is 0 Å². The van der Waals surface area contributed by atoms with Crippen molar-refractivity contribution in [3.05, 3.63) is 48.5 Å². The summed E-state index contributed by atoms with van der Waals surface area (Å²) in [5, 5.41) is 4.00. The zero-order valence-corrected chi connectivity index (χ0v) is 11.1. The van der Waals surface area contributed by atoms with Gasteiger partial charge in [-0.1, -0.05) is 0 Å². The zero-order valence-electron chi connectivity index (χ0n) is 10.3. The second-order valence-electron chi connectivity index (χ2n) is 4.20. The fourth-order valence-electron chi connectivity index (χ4n) is 1.67.